The second kappa shape index (κ2) is 4.40. The first-order valence-electron chi connectivity index (χ1n) is 7.17. The van der Waals surface area contributed by atoms with E-state index in [-0.39, 0.29) is 11.8 Å². The zero-order chi connectivity index (χ0) is 15.4. The van der Waals surface area contributed by atoms with Crippen molar-refractivity contribution < 1.29 is 10.2 Å². The van der Waals surface area contributed by atoms with E-state index in [0.717, 1.165) is 36.0 Å². The third kappa shape index (κ3) is 1.97. The van der Waals surface area contributed by atoms with E-state index in [4.69, 9.17) is 4.98 Å². The number of hydrogen-bond acceptors (Lipinski definition) is 6. The number of aromatic hydroxyl groups is 2. The quantitative estimate of drug-likeness (QED) is 0.752. The molecule has 22 heavy (non-hydrogen) atoms. The topological polar surface area (TPSA) is 96.4 Å². The molecule has 7 heteroatoms. The van der Waals surface area contributed by atoms with Crippen molar-refractivity contribution in [3.05, 3.63) is 29.2 Å². The van der Waals surface area contributed by atoms with Crippen LogP contribution in [-0.2, 0) is 0 Å². The van der Waals surface area contributed by atoms with Gasteiger partial charge in [0, 0.05) is 12.0 Å². The van der Waals surface area contributed by atoms with Crippen LogP contribution >= 0.6 is 0 Å². The third-order valence-electron chi connectivity index (χ3n) is 3.88. The Morgan fingerprint density at radius 3 is 2.55 bits per heavy atom. The van der Waals surface area contributed by atoms with E-state index in [1.807, 2.05) is 13.8 Å². The van der Waals surface area contributed by atoms with Gasteiger partial charge in [-0.3, -0.25) is 4.98 Å². The van der Waals surface area contributed by atoms with Crippen LogP contribution in [0.25, 0.3) is 17.0 Å². The van der Waals surface area contributed by atoms with Gasteiger partial charge in [0.1, 0.15) is 11.4 Å². The molecule has 3 aromatic rings. The van der Waals surface area contributed by atoms with Gasteiger partial charge in [0.2, 0.25) is 11.8 Å². The van der Waals surface area contributed by atoms with Gasteiger partial charge in [-0.25, -0.2) is 4.98 Å². The molecule has 1 fully saturated rings. The summed E-state index contributed by atoms with van der Waals surface area (Å²) in [6.07, 6.45) is 2.30. The summed E-state index contributed by atoms with van der Waals surface area (Å²) in [5.41, 5.74) is 4.41. The van der Waals surface area contributed by atoms with E-state index >= 15 is 0 Å². The molecule has 0 spiro atoms. The Bertz CT molecular complexity index is 899. The number of nitrogens with zero attached hydrogens (tertiary/aromatic N) is 5. The normalized spacial score (nSPS) is 14.6. The monoisotopic (exact) mass is 297 g/mol. The maximum absolute atomic E-state index is 9.84. The first-order chi connectivity index (χ1) is 10.5. The van der Waals surface area contributed by atoms with Crippen LogP contribution < -0.4 is 0 Å². The van der Waals surface area contributed by atoms with Crippen molar-refractivity contribution >= 4 is 5.65 Å². The molecule has 112 valence electrons. The highest BCUT2D eigenvalue weighted by atomic mass is 16.3. The average Bonchev–Trinajstić information content (AvgIpc) is 3.18. The van der Waals surface area contributed by atoms with Gasteiger partial charge >= 0.3 is 0 Å². The lowest BCUT2D eigenvalue weighted by atomic mass is 10.1. The lowest BCUT2D eigenvalue weighted by molar-refractivity contribution is 0.413. The minimum atomic E-state index is -0.248. The predicted molar refractivity (Wildman–Crippen MR) is 78.8 cm³/mol. The molecule has 1 saturated carbocycles. The van der Waals surface area contributed by atoms with Crippen molar-refractivity contribution in [2.24, 2.45) is 0 Å². The van der Waals surface area contributed by atoms with Gasteiger partial charge in [0.05, 0.1) is 23.1 Å². The maximum Gasteiger partial charge on any atom is 0.219 e. The van der Waals surface area contributed by atoms with Crippen LogP contribution in [0.2, 0.25) is 0 Å². The molecule has 4 rings (SSSR count). The second-order valence-electron chi connectivity index (χ2n) is 5.67. The van der Waals surface area contributed by atoms with E-state index in [1.165, 1.54) is 4.52 Å². The van der Waals surface area contributed by atoms with Crippen LogP contribution in [-0.4, -0.2) is 34.8 Å². The highest BCUT2D eigenvalue weighted by Gasteiger charge is 2.28. The Morgan fingerprint density at radius 1 is 1.05 bits per heavy atom. The van der Waals surface area contributed by atoms with Gasteiger partial charge in [-0.05, 0) is 26.7 Å². The predicted octanol–water partition coefficient (Wildman–Crippen LogP) is 2.09. The number of fused-ring (bicyclic) bond motifs is 1. The smallest absolute Gasteiger partial charge is 0.219 e. The molecule has 2 N–H and O–H groups in total. The van der Waals surface area contributed by atoms with Crippen LogP contribution in [0.5, 0.6) is 11.8 Å². The summed E-state index contributed by atoms with van der Waals surface area (Å²) in [6.45, 7) is 3.87. The minimum absolute atomic E-state index is 0.172. The number of aromatic nitrogens is 5. The van der Waals surface area contributed by atoms with Gasteiger partial charge in [-0.15, -0.1) is 0 Å². The number of rotatable bonds is 2. The Hall–Kier alpha value is -2.70. The second-order valence-corrected chi connectivity index (χ2v) is 5.67. The van der Waals surface area contributed by atoms with Crippen LogP contribution in [0, 0.1) is 13.8 Å². The molecule has 1 aliphatic rings. The molecular formula is C15H15N5O2. The summed E-state index contributed by atoms with van der Waals surface area (Å²) in [6, 6.07) is 2.83. The third-order valence-corrected chi connectivity index (χ3v) is 3.88. The molecule has 0 aliphatic heterocycles. The van der Waals surface area contributed by atoms with Crippen molar-refractivity contribution in [1.82, 2.24) is 24.6 Å². The Kier molecular flexibility index (Phi) is 2.60. The first-order valence-corrected chi connectivity index (χ1v) is 7.17. The Labute approximate surface area is 126 Å². The zero-order valence-corrected chi connectivity index (χ0v) is 12.3. The average molecular weight is 297 g/mol. The molecule has 3 heterocycles. The van der Waals surface area contributed by atoms with Gasteiger partial charge in [0.25, 0.3) is 0 Å². The SMILES string of the molecule is Cc1nc(C)c(C2CC2)nc1-c1cc2nc(O)cc(O)n2n1. The van der Waals surface area contributed by atoms with Gasteiger partial charge in [-0.1, -0.05) is 0 Å². The van der Waals surface area contributed by atoms with Crippen molar-refractivity contribution in [3.63, 3.8) is 0 Å². The van der Waals surface area contributed by atoms with E-state index in [9.17, 15) is 10.2 Å². The molecule has 0 atom stereocenters. The summed E-state index contributed by atoms with van der Waals surface area (Å²) < 4.78 is 1.27. The molecule has 0 unspecified atom stereocenters. The van der Waals surface area contributed by atoms with Crippen LogP contribution in [0.4, 0.5) is 0 Å². The lowest BCUT2D eigenvalue weighted by Gasteiger charge is -2.07. The van der Waals surface area contributed by atoms with Crippen molar-refractivity contribution in [2.75, 3.05) is 0 Å². The highest BCUT2D eigenvalue weighted by Crippen LogP contribution is 2.41. The first kappa shape index (κ1) is 13.0. The summed E-state index contributed by atoms with van der Waals surface area (Å²) in [5.74, 6) is 0.0789. The maximum atomic E-state index is 9.84. The van der Waals surface area contributed by atoms with Crippen LogP contribution in [0.15, 0.2) is 12.1 Å². The highest BCUT2D eigenvalue weighted by molar-refractivity contribution is 5.63. The molecule has 0 amide bonds. The van der Waals surface area contributed by atoms with E-state index in [0.29, 0.717) is 23.0 Å². The molecular weight excluding hydrogens is 282 g/mol. The number of hydrogen-bond donors (Lipinski definition) is 2. The molecule has 1 aliphatic carbocycles. The van der Waals surface area contributed by atoms with E-state index < -0.39 is 0 Å². The Morgan fingerprint density at radius 2 is 1.82 bits per heavy atom. The Balaban J connectivity index is 1.91. The van der Waals surface area contributed by atoms with E-state index in [1.54, 1.807) is 6.07 Å². The van der Waals surface area contributed by atoms with Gasteiger partial charge in [-0.2, -0.15) is 14.6 Å². The molecule has 0 aromatic carbocycles. The lowest BCUT2D eigenvalue weighted by Crippen LogP contribution is -2.02. The fourth-order valence-electron chi connectivity index (χ4n) is 2.69. The molecule has 7 nitrogen and oxygen atoms in total. The van der Waals surface area contributed by atoms with Crippen molar-refractivity contribution in [2.45, 2.75) is 32.6 Å². The molecule has 0 saturated heterocycles. The largest absolute Gasteiger partial charge is 0.493 e. The van der Waals surface area contributed by atoms with Crippen LogP contribution in [0.1, 0.15) is 35.8 Å². The fourth-order valence-corrected chi connectivity index (χ4v) is 2.69. The van der Waals surface area contributed by atoms with Crippen molar-refractivity contribution in [3.8, 4) is 23.1 Å². The number of aryl methyl sites for hydroxylation is 2. The van der Waals surface area contributed by atoms with Crippen LogP contribution in [0.3, 0.4) is 0 Å². The standard InChI is InChI=1S/C15H15N5O2/c1-7-14(9-3-4-9)18-15(8(2)16-7)10-5-11-17-12(21)6-13(22)20(11)19-10/h5-6,9,22H,3-4H2,1-2H3,(H,17,21). The molecule has 3 aromatic heterocycles. The molecule has 0 radical (unpaired) electrons. The minimum Gasteiger partial charge on any atom is -0.493 e. The van der Waals surface area contributed by atoms with Gasteiger partial charge in [0.15, 0.2) is 5.65 Å². The van der Waals surface area contributed by atoms with Gasteiger partial charge < -0.3 is 10.2 Å². The zero-order valence-electron chi connectivity index (χ0n) is 12.3. The fraction of sp³-hybridized carbons (Fsp3) is 0.333. The van der Waals surface area contributed by atoms with E-state index in [2.05, 4.69) is 15.1 Å². The summed E-state index contributed by atoms with van der Waals surface area (Å²) >= 11 is 0. The molecule has 0 bridgehead atoms. The summed E-state index contributed by atoms with van der Waals surface area (Å²) in [4.78, 5) is 13.3. The summed E-state index contributed by atoms with van der Waals surface area (Å²) in [5, 5.41) is 23.6. The summed E-state index contributed by atoms with van der Waals surface area (Å²) in [7, 11) is 0. The van der Waals surface area contributed by atoms with Crippen molar-refractivity contribution in [1.29, 1.82) is 0 Å².